The SMILES string of the molecule is CS(=O)(=O)c1cc(F)cc(NC(=O)c2c[nH]c(Br)c2)c1. The van der Waals surface area contributed by atoms with E-state index in [9.17, 15) is 17.6 Å². The van der Waals surface area contributed by atoms with Gasteiger partial charge in [-0.05, 0) is 40.2 Å². The molecule has 0 aliphatic carbocycles. The molecule has 1 aromatic carbocycles. The summed E-state index contributed by atoms with van der Waals surface area (Å²) < 4.78 is 36.8. The number of sulfone groups is 1. The summed E-state index contributed by atoms with van der Waals surface area (Å²) in [4.78, 5) is 14.5. The molecule has 0 spiro atoms. The highest BCUT2D eigenvalue weighted by Crippen LogP contribution is 2.19. The van der Waals surface area contributed by atoms with Crippen molar-refractivity contribution in [2.45, 2.75) is 4.90 Å². The van der Waals surface area contributed by atoms with Crippen molar-refractivity contribution in [2.75, 3.05) is 11.6 Å². The second-order valence-corrected chi connectivity index (χ2v) is 7.01. The van der Waals surface area contributed by atoms with Crippen LogP contribution in [0.25, 0.3) is 0 Å². The molecular weight excluding hydrogens is 351 g/mol. The molecule has 2 N–H and O–H groups in total. The average Bonchev–Trinajstić information content (AvgIpc) is 2.74. The monoisotopic (exact) mass is 360 g/mol. The molecule has 0 saturated carbocycles. The zero-order valence-corrected chi connectivity index (χ0v) is 12.7. The fraction of sp³-hybridized carbons (Fsp3) is 0.0833. The molecule has 8 heteroatoms. The van der Waals surface area contributed by atoms with E-state index in [1.54, 1.807) is 6.07 Å². The van der Waals surface area contributed by atoms with Gasteiger partial charge in [-0.3, -0.25) is 4.79 Å². The molecule has 0 atom stereocenters. The minimum absolute atomic E-state index is 0.0766. The molecule has 106 valence electrons. The number of hydrogen-bond acceptors (Lipinski definition) is 3. The molecule has 1 aromatic heterocycles. The molecule has 1 heterocycles. The third kappa shape index (κ3) is 3.45. The van der Waals surface area contributed by atoms with Crippen LogP contribution in [0.4, 0.5) is 10.1 Å². The fourth-order valence-electron chi connectivity index (χ4n) is 1.55. The van der Waals surface area contributed by atoms with Crippen LogP contribution in [0.5, 0.6) is 0 Å². The van der Waals surface area contributed by atoms with Crippen molar-refractivity contribution in [3.05, 3.63) is 46.4 Å². The minimum atomic E-state index is -3.55. The van der Waals surface area contributed by atoms with Crippen molar-refractivity contribution in [2.24, 2.45) is 0 Å². The number of anilines is 1. The summed E-state index contributed by atoms with van der Waals surface area (Å²) in [5, 5.41) is 2.44. The summed E-state index contributed by atoms with van der Waals surface area (Å²) in [6, 6.07) is 4.70. The highest BCUT2D eigenvalue weighted by Gasteiger charge is 2.13. The van der Waals surface area contributed by atoms with E-state index in [2.05, 4.69) is 26.2 Å². The maximum absolute atomic E-state index is 13.4. The largest absolute Gasteiger partial charge is 0.355 e. The van der Waals surface area contributed by atoms with Gasteiger partial charge in [0.2, 0.25) is 0 Å². The van der Waals surface area contributed by atoms with E-state index in [1.165, 1.54) is 12.3 Å². The van der Waals surface area contributed by atoms with Gasteiger partial charge in [-0.15, -0.1) is 0 Å². The third-order valence-electron chi connectivity index (χ3n) is 2.47. The lowest BCUT2D eigenvalue weighted by atomic mass is 10.2. The molecule has 0 saturated heterocycles. The van der Waals surface area contributed by atoms with Crippen LogP contribution in [-0.2, 0) is 9.84 Å². The molecule has 0 fully saturated rings. The molecule has 1 amide bonds. The maximum Gasteiger partial charge on any atom is 0.257 e. The predicted molar refractivity (Wildman–Crippen MR) is 76.0 cm³/mol. The summed E-state index contributed by atoms with van der Waals surface area (Å²) in [7, 11) is -3.55. The molecule has 0 bridgehead atoms. The molecule has 5 nitrogen and oxygen atoms in total. The number of rotatable bonds is 3. The first kappa shape index (κ1) is 14.7. The van der Waals surface area contributed by atoms with E-state index < -0.39 is 21.6 Å². The summed E-state index contributed by atoms with van der Waals surface area (Å²) in [5.41, 5.74) is 0.412. The highest BCUT2D eigenvalue weighted by atomic mass is 79.9. The van der Waals surface area contributed by atoms with Gasteiger partial charge in [0.25, 0.3) is 5.91 Å². The molecular formula is C12H10BrFN2O3S. The second kappa shape index (κ2) is 5.37. The Labute approximate surface area is 123 Å². The van der Waals surface area contributed by atoms with Gasteiger partial charge in [0.15, 0.2) is 9.84 Å². The van der Waals surface area contributed by atoms with Gasteiger partial charge in [-0.25, -0.2) is 12.8 Å². The fourth-order valence-corrected chi connectivity index (χ4v) is 2.58. The van der Waals surface area contributed by atoms with E-state index in [0.717, 1.165) is 18.4 Å². The average molecular weight is 361 g/mol. The summed E-state index contributed by atoms with van der Waals surface area (Å²) >= 11 is 3.16. The van der Waals surface area contributed by atoms with Crippen LogP contribution in [-0.4, -0.2) is 25.6 Å². The number of carbonyl (C=O) groups excluding carboxylic acids is 1. The Hall–Kier alpha value is -1.67. The van der Waals surface area contributed by atoms with Crippen LogP contribution in [0, 0.1) is 5.82 Å². The number of aromatic amines is 1. The number of nitrogens with one attached hydrogen (secondary N) is 2. The Kier molecular flexibility index (Phi) is 3.96. The smallest absolute Gasteiger partial charge is 0.257 e. The van der Waals surface area contributed by atoms with Crippen LogP contribution in [0.1, 0.15) is 10.4 Å². The van der Waals surface area contributed by atoms with E-state index >= 15 is 0 Å². The normalized spacial score (nSPS) is 11.3. The Morgan fingerprint density at radius 3 is 2.55 bits per heavy atom. The molecule has 20 heavy (non-hydrogen) atoms. The first-order valence-electron chi connectivity index (χ1n) is 5.41. The quantitative estimate of drug-likeness (QED) is 0.882. The van der Waals surface area contributed by atoms with Crippen molar-refractivity contribution in [1.29, 1.82) is 0 Å². The maximum atomic E-state index is 13.4. The van der Waals surface area contributed by atoms with Gasteiger partial charge in [-0.1, -0.05) is 0 Å². The van der Waals surface area contributed by atoms with Gasteiger partial charge in [0.1, 0.15) is 5.82 Å². The molecule has 2 rings (SSSR count). The number of benzene rings is 1. The summed E-state index contributed by atoms with van der Waals surface area (Å²) in [6.07, 6.45) is 2.44. The third-order valence-corrected chi connectivity index (χ3v) is 4.02. The standard InChI is InChI=1S/C12H10BrFN2O3S/c1-20(18,19)10-4-8(14)3-9(5-10)16-12(17)7-2-11(13)15-6-7/h2-6,15H,1H3,(H,16,17). The van der Waals surface area contributed by atoms with Crippen molar-refractivity contribution in [3.63, 3.8) is 0 Å². The lowest BCUT2D eigenvalue weighted by Gasteiger charge is -2.06. The van der Waals surface area contributed by atoms with Crippen LogP contribution in [0.15, 0.2) is 40.0 Å². The van der Waals surface area contributed by atoms with Crippen LogP contribution in [0.3, 0.4) is 0 Å². The van der Waals surface area contributed by atoms with E-state index in [1.807, 2.05) is 0 Å². The molecule has 0 aliphatic rings. The summed E-state index contributed by atoms with van der Waals surface area (Å²) in [6.45, 7) is 0. The van der Waals surface area contributed by atoms with Gasteiger partial charge in [0.05, 0.1) is 15.1 Å². The number of aromatic nitrogens is 1. The van der Waals surface area contributed by atoms with E-state index in [0.29, 0.717) is 10.2 Å². The number of halogens is 2. The molecule has 0 radical (unpaired) electrons. The van der Waals surface area contributed by atoms with Gasteiger partial charge in [-0.2, -0.15) is 0 Å². The van der Waals surface area contributed by atoms with Gasteiger partial charge >= 0.3 is 0 Å². The topological polar surface area (TPSA) is 79.0 Å². The second-order valence-electron chi connectivity index (χ2n) is 4.14. The van der Waals surface area contributed by atoms with Crippen molar-refractivity contribution < 1.29 is 17.6 Å². The van der Waals surface area contributed by atoms with E-state index in [-0.39, 0.29) is 10.6 Å². The molecule has 0 aliphatic heterocycles. The number of amides is 1. The van der Waals surface area contributed by atoms with Crippen molar-refractivity contribution >= 4 is 37.4 Å². The predicted octanol–water partition coefficient (Wildman–Crippen LogP) is 2.57. The van der Waals surface area contributed by atoms with Crippen LogP contribution in [0.2, 0.25) is 0 Å². The van der Waals surface area contributed by atoms with Crippen LogP contribution < -0.4 is 5.32 Å². The molecule has 2 aromatic rings. The van der Waals surface area contributed by atoms with Gasteiger partial charge in [0, 0.05) is 18.1 Å². The lowest BCUT2D eigenvalue weighted by molar-refractivity contribution is 0.102. The first-order valence-corrected chi connectivity index (χ1v) is 8.10. The Bertz CT molecular complexity index is 771. The summed E-state index contributed by atoms with van der Waals surface area (Å²) in [5.74, 6) is -1.21. The van der Waals surface area contributed by atoms with Crippen molar-refractivity contribution in [3.8, 4) is 0 Å². The van der Waals surface area contributed by atoms with E-state index in [4.69, 9.17) is 0 Å². The Morgan fingerprint density at radius 2 is 2.00 bits per heavy atom. The van der Waals surface area contributed by atoms with Gasteiger partial charge < -0.3 is 10.3 Å². The number of carbonyl (C=O) groups is 1. The Morgan fingerprint density at radius 1 is 1.30 bits per heavy atom. The number of H-pyrrole nitrogens is 1. The Balaban J connectivity index is 2.30. The number of hydrogen-bond donors (Lipinski definition) is 2. The van der Waals surface area contributed by atoms with Crippen molar-refractivity contribution in [1.82, 2.24) is 4.98 Å². The first-order chi connectivity index (χ1) is 9.25. The molecule has 0 unspecified atom stereocenters. The zero-order valence-electron chi connectivity index (χ0n) is 10.3. The van der Waals surface area contributed by atoms with Crippen LogP contribution >= 0.6 is 15.9 Å². The lowest BCUT2D eigenvalue weighted by Crippen LogP contribution is -2.12. The zero-order chi connectivity index (χ0) is 14.9. The minimum Gasteiger partial charge on any atom is -0.355 e. The highest BCUT2D eigenvalue weighted by molar-refractivity contribution is 9.10.